The Labute approximate surface area is 56.0 Å². The Hall–Kier alpha value is -0.570. The zero-order valence-electron chi connectivity index (χ0n) is 5.14. The summed E-state index contributed by atoms with van der Waals surface area (Å²) in [4.78, 5) is 10.3. The molecule has 0 aromatic rings. The molecule has 0 atom stereocenters. The molecule has 0 saturated heterocycles. The number of carbonyl (C=O) groups excluding carboxylic acids is 1. The first kappa shape index (κ1) is 11.3. The van der Waals surface area contributed by atoms with Gasteiger partial charge in [-0.2, -0.15) is 0 Å². The van der Waals surface area contributed by atoms with E-state index in [4.69, 9.17) is 0 Å². The minimum Gasteiger partial charge on any atom is -0.438 e. The quantitative estimate of drug-likeness (QED) is 0.429. The van der Waals surface area contributed by atoms with E-state index in [1.54, 1.807) is 6.92 Å². The molecule has 0 aliphatic rings. The lowest BCUT2D eigenvalue weighted by Gasteiger charge is -1.97. The summed E-state index contributed by atoms with van der Waals surface area (Å²) in [5.74, 6) is -0.230. The minimum absolute atomic E-state index is 0. The third-order valence-corrected chi connectivity index (χ3v) is 0.626. The molecule has 0 N–H and O–H groups in total. The molecule has 0 radical (unpaired) electrons. The Morgan fingerprint density at radius 2 is 2.11 bits per heavy atom. The fourth-order valence-corrected chi connectivity index (χ4v) is 0.227. The van der Waals surface area contributed by atoms with Gasteiger partial charge in [0.1, 0.15) is 0 Å². The maximum absolute atomic E-state index is 10.3. The van der Waals surface area contributed by atoms with Crippen molar-refractivity contribution in [1.29, 1.82) is 0 Å². The van der Waals surface area contributed by atoms with Crippen molar-refractivity contribution in [2.75, 3.05) is 13.9 Å². The molecule has 9 heavy (non-hydrogen) atoms. The summed E-state index contributed by atoms with van der Waals surface area (Å²) in [6, 6.07) is 0. The van der Waals surface area contributed by atoms with Crippen LogP contribution in [-0.4, -0.2) is 19.9 Å². The van der Waals surface area contributed by atoms with E-state index in [0.29, 0.717) is 6.42 Å². The van der Waals surface area contributed by atoms with E-state index in [1.165, 1.54) is 7.11 Å². The molecule has 0 aromatic heterocycles. The molecule has 0 aromatic carbocycles. The predicted octanol–water partition coefficient (Wildman–Crippen LogP) is 1.18. The van der Waals surface area contributed by atoms with Gasteiger partial charge in [0.2, 0.25) is 0 Å². The maximum atomic E-state index is 10.3. The second-order valence-electron chi connectivity index (χ2n) is 1.28. The number of methoxy groups -OCH3 is 1. The topological polar surface area (TPSA) is 35.5 Å². The van der Waals surface area contributed by atoms with Crippen molar-refractivity contribution in [2.45, 2.75) is 20.8 Å². The molecule has 0 amide bonds. The maximum Gasteiger partial charge on any atom is 0.307 e. The van der Waals surface area contributed by atoms with Crippen LogP contribution in [0.25, 0.3) is 0 Å². The van der Waals surface area contributed by atoms with Crippen LogP contribution in [0.2, 0.25) is 0 Å². The third kappa shape index (κ3) is 7.43. The largest absolute Gasteiger partial charge is 0.438 e. The Morgan fingerprint density at radius 1 is 1.56 bits per heavy atom. The Morgan fingerprint density at radius 3 is 2.44 bits per heavy atom. The summed E-state index contributed by atoms with van der Waals surface area (Å²) < 4.78 is 8.95. The highest BCUT2D eigenvalue weighted by atomic mass is 16.7. The van der Waals surface area contributed by atoms with Crippen LogP contribution in [0.15, 0.2) is 0 Å². The number of esters is 1. The van der Waals surface area contributed by atoms with Crippen molar-refractivity contribution in [2.24, 2.45) is 0 Å². The summed E-state index contributed by atoms with van der Waals surface area (Å²) in [7, 11) is 1.48. The summed E-state index contributed by atoms with van der Waals surface area (Å²) in [6.45, 7) is 1.80. The molecule has 56 valence electrons. The lowest BCUT2D eigenvalue weighted by molar-refractivity contribution is -0.153. The molecule has 0 fully saturated rings. The molecule has 0 rings (SSSR count). The average Bonchev–Trinajstić information content (AvgIpc) is 1.83. The molecule has 0 heterocycles. The standard InChI is InChI=1S/C5H10O3.CH4/c1-3-5(6)8-4-7-2;/h3-4H2,1-2H3;1H4. The van der Waals surface area contributed by atoms with E-state index >= 15 is 0 Å². The molecule has 3 heteroatoms. The van der Waals surface area contributed by atoms with Crippen LogP contribution in [0.4, 0.5) is 0 Å². The zero-order valence-corrected chi connectivity index (χ0v) is 5.14. The van der Waals surface area contributed by atoms with Crippen molar-refractivity contribution in [3.8, 4) is 0 Å². The van der Waals surface area contributed by atoms with Crippen LogP contribution in [0, 0.1) is 0 Å². The van der Waals surface area contributed by atoms with E-state index in [9.17, 15) is 4.79 Å². The number of rotatable bonds is 3. The molecule has 0 aliphatic carbocycles. The summed E-state index contributed by atoms with van der Waals surface area (Å²) >= 11 is 0. The Bertz CT molecular complexity index is 70.7. The first-order valence-electron chi connectivity index (χ1n) is 2.45. The number of carbonyl (C=O) groups is 1. The molecule has 3 nitrogen and oxygen atoms in total. The first-order valence-corrected chi connectivity index (χ1v) is 2.45. The van der Waals surface area contributed by atoms with E-state index in [2.05, 4.69) is 9.47 Å². The highest BCUT2D eigenvalue weighted by Crippen LogP contribution is 1.82. The van der Waals surface area contributed by atoms with Crippen LogP contribution < -0.4 is 0 Å². The minimum atomic E-state index is -0.230. The summed E-state index contributed by atoms with van der Waals surface area (Å²) in [5.41, 5.74) is 0. The Balaban J connectivity index is 0. The van der Waals surface area contributed by atoms with E-state index in [1.807, 2.05) is 0 Å². The smallest absolute Gasteiger partial charge is 0.307 e. The monoisotopic (exact) mass is 134 g/mol. The summed E-state index contributed by atoms with van der Waals surface area (Å²) in [6.07, 6.45) is 0.406. The summed E-state index contributed by atoms with van der Waals surface area (Å²) in [5, 5.41) is 0. The Kier molecular flexibility index (Phi) is 9.29. The molecule has 0 unspecified atom stereocenters. The van der Waals surface area contributed by atoms with Crippen LogP contribution in [0.3, 0.4) is 0 Å². The van der Waals surface area contributed by atoms with Crippen LogP contribution >= 0.6 is 0 Å². The van der Waals surface area contributed by atoms with E-state index < -0.39 is 0 Å². The molecular formula is C6H14O3. The number of hydrogen-bond acceptors (Lipinski definition) is 3. The molecule has 0 aliphatic heterocycles. The van der Waals surface area contributed by atoms with Crippen molar-refractivity contribution in [1.82, 2.24) is 0 Å². The van der Waals surface area contributed by atoms with Gasteiger partial charge in [0.15, 0.2) is 6.79 Å². The molecule has 0 saturated carbocycles. The van der Waals surface area contributed by atoms with Crippen molar-refractivity contribution in [3.63, 3.8) is 0 Å². The fraction of sp³-hybridized carbons (Fsp3) is 0.833. The van der Waals surface area contributed by atoms with Gasteiger partial charge in [0, 0.05) is 13.5 Å². The van der Waals surface area contributed by atoms with Gasteiger partial charge in [-0.3, -0.25) is 4.79 Å². The van der Waals surface area contributed by atoms with E-state index in [0.717, 1.165) is 0 Å². The van der Waals surface area contributed by atoms with Crippen molar-refractivity contribution >= 4 is 5.97 Å². The van der Waals surface area contributed by atoms with Crippen molar-refractivity contribution < 1.29 is 14.3 Å². The third-order valence-electron chi connectivity index (χ3n) is 0.626. The highest BCUT2D eigenvalue weighted by Gasteiger charge is 1.93. The highest BCUT2D eigenvalue weighted by molar-refractivity contribution is 5.68. The van der Waals surface area contributed by atoms with Crippen LogP contribution in [0.5, 0.6) is 0 Å². The fourth-order valence-electron chi connectivity index (χ4n) is 0.227. The van der Waals surface area contributed by atoms with Gasteiger partial charge in [-0.1, -0.05) is 14.4 Å². The first-order chi connectivity index (χ1) is 3.81. The van der Waals surface area contributed by atoms with Crippen LogP contribution in [-0.2, 0) is 14.3 Å². The second-order valence-corrected chi connectivity index (χ2v) is 1.28. The van der Waals surface area contributed by atoms with Gasteiger partial charge in [0.05, 0.1) is 0 Å². The second kappa shape index (κ2) is 7.43. The van der Waals surface area contributed by atoms with E-state index in [-0.39, 0.29) is 20.2 Å². The van der Waals surface area contributed by atoms with Gasteiger partial charge in [0.25, 0.3) is 0 Å². The molecular weight excluding hydrogens is 120 g/mol. The SMILES string of the molecule is C.CCC(=O)OCOC. The normalized spacial score (nSPS) is 7.78. The van der Waals surface area contributed by atoms with Crippen LogP contribution in [0.1, 0.15) is 20.8 Å². The molecule has 0 bridgehead atoms. The van der Waals surface area contributed by atoms with Crippen molar-refractivity contribution in [3.05, 3.63) is 0 Å². The number of hydrogen-bond donors (Lipinski definition) is 0. The van der Waals surface area contributed by atoms with Gasteiger partial charge in [-0.05, 0) is 0 Å². The molecule has 0 spiro atoms. The van der Waals surface area contributed by atoms with Gasteiger partial charge >= 0.3 is 5.97 Å². The lowest BCUT2D eigenvalue weighted by atomic mass is 10.5. The lowest BCUT2D eigenvalue weighted by Crippen LogP contribution is -2.04. The van der Waals surface area contributed by atoms with Gasteiger partial charge in [-0.15, -0.1) is 0 Å². The number of ether oxygens (including phenoxy) is 2. The zero-order chi connectivity index (χ0) is 6.41. The van der Waals surface area contributed by atoms with Gasteiger partial charge < -0.3 is 9.47 Å². The predicted molar refractivity (Wildman–Crippen MR) is 35.0 cm³/mol. The van der Waals surface area contributed by atoms with Gasteiger partial charge in [-0.25, -0.2) is 0 Å². The average molecular weight is 134 g/mol.